The first kappa shape index (κ1) is 23.6. The number of rotatable bonds is 7. The van der Waals surface area contributed by atoms with Crippen LogP contribution in [0.4, 0.5) is 5.69 Å². The zero-order valence-corrected chi connectivity index (χ0v) is 18.7. The molecule has 32 heavy (non-hydrogen) atoms. The molecule has 2 aromatic rings. The molecule has 1 amide bonds. The zero-order valence-electron chi connectivity index (χ0n) is 17.1. The third-order valence-electron chi connectivity index (χ3n) is 4.87. The average molecular weight is 484 g/mol. The molecule has 3 rings (SSSR count). The van der Waals surface area contributed by atoms with E-state index < -0.39 is 24.8 Å². The summed E-state index contributed by atoms with van der Waals surface area (Å²) in [7, 11) is -7.26. The van der Waals surface area contributed by atoms with E-state index >= 15 is 0 Å². The number of nitro benzene ring substituents is 1. The Labute approximate surface area is 185 Å². The number of hydrogen-bond acceptors (Lipinski definition) is 8. The van der Waals surface area contributed by atoms with Crippen molar-refractivity contribution in [3.63, 3.8) is 0 Å². The van der Waals surface area contributed by atoms with Crippen molar-refractivity contribution in [1.29, 1.82) is 0 Å². The molecule has 1 saturated heterocycles. The molecular weight excluding hydrogens is 462 g/mol. The van der Waals surface area contributed by atoms with Gasteiger partial charge in [0.15, 0.2) is 16.4 Å². The number of nitrogens with zero attached hydrogens (tertiary/aromatic N) is 3. The highest BCUT2D eigenvalue weighted by Gasteiger charge is 2.31. The summed E-state index contributed by atoms with van der Waals surface area (Å²) >= 11 is 0. The summed E-state index contributed by atoms with van der Waals surface area (Å²) in [5.74, 6) is -0.0118. The second kappa shape index (κ2) is 9.22. The minimum absolute atomic E-state index is 0.0415. The van der Waals surface area contributed by atoms with Gasteiger partial charge in [-0.05, 0) is 30.3 Å². The molecule has 1 aliphatic rings. The number of carbonyl (C=O) groups is 1. The van der Waals surface area contributed by atoms with Gasteiger partial charge in [0.1, 0.15) is 5.75 Å². The number of sulfone groups is 1. The summed E-state index contributed by atoms with van der Waals surface area (Å²) in [6.45, 7) is 0.0855. The van der Waals surface area contributed by atoms with Crippen LogP contribution in [0.15, 0.2) is 58.3 Å². The van der Waals surface area contributed by atoms with Crippen molar-refractivity contribution in [1.82, 2.24) is 9.21 Å². The van der Waals surface area contributed by atoms with E-state index in [4.69, 9.17) is 4.74 Å². The summed E-state index contributed by atoms with van der Waals surface area (Å²) in [6.07, 6.45) is 1.09. The molecule has 0 saturated carbocycles. The lowest BCUT2D eigenvalue weighted by Crippen LogP contribution is -2.51. The molecule has 172 valence electrons. The van der Waals surface area contributed by atoms with Crippen molar-refractivity contribution >= 4 is 31.5 Å². The van der Waals surface area contributed by atoms with Gasteiger partial charge in [0.05, 0.1) is 14.7 Å². The normalized spacial score (nSPS) is 15.3. The second-order valence-corrected chi connectivity index (χ2v) is 11.0. The Morgan fingerprint density at radius 3 is 2.19 bits per heavy atom. The molecule has 13 heteroatoms. The minimum Gasteiger partial charge on any atom is -0.484 e. The SMILES string of the molecule is CS(=O)(=O)c1ccc(OCC(=O)N2CCN(S(=O)(=O)c3cccc([N+](=O)[O-])c3)CC2)cc1. The molecule has 0 aromatic heterocycles. The van der Waals surface area contributed by atoms with Crippen LogP contribution in [0.1, 0.15) is 0 Å². The topological polar surface area (TPSA) is 144 Å². The van der Waals surface area contributed by atoms with Crippen LogP contribution in [0.5, 0.6) is 5.75 Å². The maximum absolute atomic E-state index is 12.8. The molecule has 11 nitrogen and oxygen atoms in total. The lowest BCUT2D eigenvalue weighted by atomic mass is 10.3. The molecular formula is C19H21N3O8S2. The average Bonchev–Trinajstić information content (AvgIpc) is 2.77. The molecule has 1 heterocycles. The number of piperazine rings is 1. The van der Waals surface area contributed by atoms with E-state index in [1.807, 2.05) is 0 Å². The number of amides is 1. The van der Waals surface area contributed by atoms with Crippen LogP contribution in [0.25, 0.3) is 0 Å². The fourth-order valence-electron chi connectivity index (χ4n) is 3.10. The molecule has 0 N–H and O–H groups in total. The van der Waals surface area contributed by atoms with Gasteiger partial charge in [-0.3, -0.25) is 14.9 Å². The van der Waals surface area contributed by atoms with Crippen LogP contribution >= 0.6 is 0 Å². The summed E-state index contributed by atoms with van der Waals surface area (Å²) in [4.78, 5) is 24.1. The standard InChI is InChI=1S/C19H21N3O8S2/c1-31(26,27)17-7-5-16(6-8-17)30-14-19(23)20-9-11-21(12-10-20)32(28,29)18-4-2-3-15(13-18)22(24)25/h2-8,13H,9-12,14H2,1H3. The van der Waals surface area contributed by atoms with Gasteiger partial charge in [0.2, 0.25) is 10.0 Å². The van der Waals surface area contributed by atoms with Crippen molar-refractivity contribution in [3.8, 4) is 5.75 Å². The minimum atomic E-state index is -3.93. The van der Waals surface area contributed by atoms with E-state index in [0.29, 0.717) is 5.75 Å². The molecule has 0 radical (unpaired) electrons. The van der Waals surface area contributed by atoms with Crippen molar-refractivity contribution in [3.05, 3.63) is 58.6 Å². The van der Waals surface area contributed by atoms with Crippen molar-refractivity contribution in [2.24, 2.45) is 0 Å². The largest absolute Gasteiger partial charge is 0.484 e. The van der Waals surface area contributed by atoms with Crippen LogP contribution in [-0.4, -0.2) is 75.9 Å². The highest BCUT2D eigenvalue weighted by atomic mass is 32.2. The first-order chi connectivity index (χ1) is 15.0. The monoisotopic (exact) mass is 483 g/mol. The number of nitro groups is 1. The van der Waals surface area contributed by atoms with Gasteiger partial charge in [-0.2, -0.15) is 4.31 Å². The number of carbonyl (C=O) groups excluding carboxylic acids is 1. The summed E-state index contributed by atoms with van der Waals surface area (Å²) in [5.41, 5.74) is -0.318. The molecule has 0 unspecified atom stereocenters. The fourth-order valence-corrected chi connectivity index (χ4v) is 5.20. The van der Waals surface area contributed by atoms with Crippen LogP contribution in [0, 0.1) is 10.1 Å². The Kier molecular flexibility index (Phi) is 6.81. The summed E-state index contributed by atoms with van der Waals surface area (Å²) < 4.78 is 55.1. The zero-order chi connectivity index (χ0) is 23.5. The Morgan fingerprint density at radius 1 is 1.00 bits per heavy atom. The molecule has 0 bridgehead atoms. The third kappa shape index (κ3) is 5.41. The molecule has 0 spiro atoms. The molecule has 0 atom stereocenters. The van der Waals surface area contributed by atoms with Crippen LogP contribution in [0.2, 0.25) is 0 Å². The number of sulfonamides is 1. The Hall–Kier alpha value is -3.03. The van der Waals surface area contributed by atoms with Crippen LogP contribution < -0.4 is 4.74 Å². The summed E-state index contributed by atoms with van der Waals surface area (Å²) in [5, 5.41) is 10.9. The maximum Gasteiger partial charge on any atom is 0.270 e. The first-order valence-corrected chi connectivity index (χ1v) is 12.8. The highest BCUT2D eigenvalue weighted by molar-refractivity contribution is 7.90. The Bertz CT molecular complexity index is 1220. The number of ether oxygens (including phenoxy) is 1. The Balaban J connectivity index is 1.56. The lowest BCUT2D eigenvalue weighted by molar-refractivity contribution is -0.385. The highest BCUT2D eigenvalue weighted by Crippen LogP contribution is 2.22. The Morgan fingerprint density at radius 2 is 1.62 bits per heavy atom. The van der Waals surface area contributed by atoms with E-state index in [1.165, 1.54) is 51.7 Å². The van der Waals surface area contributed by atoms with Crippen molar-refractivity contribution in [2.75, 3.05) is 39.0 Å². The molecule has 1 aliphatic heterocycles. The van der Waals surface area contributed by atoms with Gasteiger partial charge in [-0.25, -0.2) is 16.8 Å². The van der Waals surface area contributed by atoms with E-state index in [2.05, 4.69) is 0 Å². The van der Waals surface area contributed by atoms with E-state index in [0.717, 1.165) is 12.3 Å². The van der Waals surface area contributed by atoms with Gasteiger partial charge < -0.3 is 9.64 Å². The van der Waals surface area contributed by atoms with Gasteiger partial charge >= 0.3 is 0 Å². The number of benzene rings is 2. The third-order valence-corrected chi connectivity index (χ3v) is 7.89. The number of non-ortho nitro benzene ring substituents is 1. The smallest absolute Gasteiger partial charge is 0.270 e. The molecule has 0 aliphatic carbocycles. The second-order valence-electron chi connectivity index (χ2n) is 7.07. The first-order valence-electron chi connectivity index (χ1n) is 9.44. The molecule has 2 aromatic carbocycles. The van der Waals surface area contributed by atoms with Gasteiger partial charge in [-0.15, -0.1) is 0 Å². The van der Waals surface area contributed by atoms with Gasteiger partial charge in [-0.1, -0.05) is 6.07 Å². The predicted molar refractivity (Wildman–Crippen MR) is 113 cm³/mol. The maximum atomic E-state index is 12.8. The van der Waals surface area contributed by atoms with E-state index in [-0.39, 0.29) is 54.2 Å². The quantitative estimate of drug-likeness (QED) is 0.417. The van der Waals surface area contributed by atoms with Crippen LogP contribution in [-0.2, 0) is 24.7 Å². The lowest BCUT2D eigenvalue weighted by Gasteiger charge is -2.33. The fraction of sp³-hybridized carbons (Fsp3) is 0.316. The predicted octanol–water partition coefficient (Wildman–Crippen LogP) is 0.910. The van der Waals surface area contributed by atoms with Crippen LogP contribution in [0.3, 0.4) is 0 Å². The van der Waals surface area contributed by atoms with E-state index in [9.17, 15) is 31.7 Å². The van der Waals surface area contributed by atoms with Crippen molar-refractivity contribution < 1.29 is 31.3 Å². The van der Waals surface area contributed by atoms with Gasteiger partial charge in [0, 0.05) is 44.6 Å². The van der Waals surface area contributed by atoms with E-state index in [1.54, 1.807) is 0 Å². The number of hydrogen-bond donors (Lipinski definition) is 0. The van der Waals surface area contributed by atoms with Crippen molar-refractivity contribution in [2.45, 2.75) is 9.79 Å². The molecule has 1 fully saturated rings. The van der Waals surface area contributed by atoms with Gasteiger partial charge in [0.25, 0.3) is 11.6 Å². The summed E-state index contributed by atoms with van der Waals surface area (Å²) in [6, 6.07) is 10.5.